The van der Waals surface area contributed by atoms with E-state index >= 15 is 0 Å². The highest BCUT2D eigenvalue weighted by Crippen LogP contribution is 2.14. The zero-order valence-electron chi connectivity index (χ0n) is 11.3. The number of esters is 1. The minimum atomic E-state index is -0.661. The molecule has 5 nitrogen and oxygen atoms in total. The van der Waals surface area contributed by atoms with Gasteiger partial charge in [0.2, 0.25) is 0 Å². The lowest BCUT2D eigenvalue weighted by atomic mass is 10.1. The van der Waals surface area contributed by atoms with E-state index in [1.54, 1.807) is 6.92 Å². The minimum Gasteiger partial charge on any atom is -0.465 e. The van der Waals surface area contributed by atoms with Crippen LogP contribution >= 0.6 is 0 Å². The van der Waals surface area contributed by atoms with Crippen LogP contribution in [0.15, 0.2) is 30.3 Å². The fraction of sp³-hybridized carbons (Fsp3) is 0.500. The van der Waals surface area contributed by atoms with Gasteiger partial charge in [0.1, 0.15) is 6.04 Å². The number of methoxy groups -OCH3 is 1. The summed E-state index contributed by atoms with van der Waals surface area (Å²) in [5.41, 5.74) is 0.811. The summed E-state index contributed by atoms with van der Waals surface area (Å²) in [7, 11) is 1.52. The molecule has 0 heterocycles. The van der Waals surface area contributed by atoms with Crippen molar-refractivity contribution >= 4 is 5.97 Å². The van der Waals surface area contributed by atoms with Crippen molar-refractivity contribution in [3.63, 3.8) is 0 Å². The first-order valence-electron chi connectivity index (χ1n) is 6.31. The molecule has 0 aliphatic carbocycles. The van der Waals surface area contributed by atoms with Gasteiger partial charge in [0.25, 0.3) is 0 Å². The Balaban J connectivity index is 2.68. The van der Waals surface area contributed by atoms with Crippen LogP contribution in [-0.4, -0.2) is 44.0 Å². The first-order valence-corrected chi connectivity index (χ1v) is 6.31. The van der Waals surface area contributed by atoms with Crippen LogP contribution < -0.4 is 5.32 Å². The zero-order valence-corrected chi connectivity index (χ0v) is 11.3. The molecule has 2 N–H and O–H groups in total. The highest BCUT2D eigenvalue weighted by atomic mass is 16.5. The van der Waals surface area contributed by atoms with E-state index in [2.05, 4.69) is 5.32 Å². The Morgan fingerprint density at radius 1 is 1.37 bits per heavy atom. The van der Waals surface area contributed by atoms with Crippen molar-refractivity contribution in [1.82, 2.24) is 5.32 Å². The van der Waals surface area contributed by atoms with Gasteiger partial charge in [-0.1, -0.05) is 30.3 Å². The molecule has 0 aromatic heterocycles. The Morgan fingerprint density at radius 2 is 2.05 bits per heavy atom. The molecule has 1 aromatic rings. The number of hydrogen-bond donors (Lipinski definition) is 2. The molecule has 19 heavy (non-hydrogen) atoms. The highest BCUT2D eigenvalue weighted by Gasteiger charge is 2.22. The number of carbonyl (C=O) groups is 1. The summed E-state index contributed by atoms with van der Waals surface area (Å²) in [6, 6.07) is 8.71. The first-order chi connectivity index (χ1) is 9.19. The van der Waals surface area contributed by atoms with Crippen molar-refractivity contribution in [3.05, 3.63) is 35.9 Å². The van der Waals surface area contributed by atoms with E-state index in [0.717, 1.165) is 5.56 Å². The van der Waals surface area contributed by atoms with Crippen LogP contribution in [-0.2, 0) is 14.3 Å². The van der Waals surface area contributed by atoms with Crippen molar-refractivity contribution in [2.75, 3.05) is 26.9 Å². The Morgan fingerprint density at radius 3 is 2.63 bits per heavy atom. The number of ether oxygens (including phenoxy) is 2. The Bertz CT molecular complexity index is 369. The van der Waals surface area contributed by atoms with Crippen molar-refractivity contribution in [1.29, 1.82) is 0 Å². The number of hydrogen-bond acceptors (Lipinski definition) is 5. The maximum Gasteiger partial charge on any atom is 0.327 e. The van der Waals surface area contributed by atoms with Gasteiger partial charge in [0.15, 0.2) is 0 Å². The van der Waals surface area contributed by atoms with E-state index in [4.69, 9.17) is 9.47 Å². The van der Waals surface area contributed by atoms with Gasteiger partial charge in [-0.25, -0.2) is 4.79 Å². The van der Waals surface area contributed by atoms with Gasteiger partial charge in [-0.15, -0.1) is 0 Å². The minimum absolute atomic E-state index is 0.220. The van der Waals surface area contributed by atoms with Crippen molar-refractivity contribution < 1.29 is 19.4 Å². The van der Waals surface area contributed by atoms with Crippen LogP contribution in [0.25, 0.3) is 0 Å². The van der Waals surface area contributed by atoms with Gasteiger partial charge in [-0.2, -0.15) is 0 Å². The van der Waals surface area contributed by atoms with E-state index in [0.29, 0.717) is 6.61 Å². The first kappa shape index (κ1) is 15.6. The molecule has 0 aliphatic heterocycles. The normalized spacial score (nSPS) is 13.8. The summed E-state index contributed by atoms with van der Waals surface area (Å²) in [4.78, 5) is 11.9. The Hall–Kier alpha value is -1.43. The van der Waals surface area contributed by atoms with E-state index in [9.17, 15) is 9.90 Å². The van der Waals surface area contributed by atoms with Gasteiger partial charge >= 0.3 is 5.97 Å². The Labute approximate surface area is 113 Å². The van der Waals surface area contributed by atoms with Crippen LogP contribution in [0.2, 0.25) is 0 Å². The van der Waals surface area contributed by atoms with Crippen LogP contribution in [0.3, 0.4) is 0 Å². The van der Waals surface area contributed by atoms with Crippen molar-refractivity contribution in [2.24, 2.45) is 0 Å². The molecule has 5 heteroatoms. The van der Waals surface area contributed by atoms with Gasteiger partial charge in [0.05, 0.1) is 19.3 Å². The predicted octanol–water partition coefficient (Wildman–Crippen LogP) is 0.888. The number of nitrogens with one attached hydrogen (secondary N) is 1. The van der Waals surface area contributed by atoms with Gasteiger partial charge in [0, 0.05) is 13.7 Å². The lowest BCUT2D eigenvalue weighted by Gasteiger charge is -2.19. The molecule has 0 spiro atoms. The molecule has 0 fully saturated rings. The molecule has 0 bridgehead atoms. The quantitative estimate of drug-likeness (QED) is 0.685. The third kappa shape index (κ3) is 5.38. The number of carbonyl (C=O) groups excluding carboxylic acids is 1. The summed E-state index contributed by atoms with van der Waals surface area (Å²) >= 11 is 0. The molecule has 0 radical (unpaired) electrons. The highest BCUT2D eigenvalue weighted by molar-refractivity contribution is 5.77. The SMILES string of the molecule is CCOC(=O)C(NCC(O)COC)c1ccccc1. The maximum absolute atomic E-state index is 11.9. The molecule has 2 unspecified atom stereocenters. The van der Waals surface area contributed by atoms with Gasteiger partial charge in [-0.3, -0.25) is 5.32 Å². The number of aliphatic hydroxyl groups is 1. The molecule has 0 saturated heterocycles. The second kappa shape index (κ2) is 8.63. The largest absolute Gasteiger partial charge is 0.465 e. The lowest BCUT2D eigenvalue weighted by molar-refractivity contribution is -0.146. The van der Waals surface area contributed by atoms with E-state index in [1.165, 1.54) is 7.11 Å². The van der Waals surface area contributed by atoms with Crippen LogP contribution in [0.4, 0.5) is 0 Å². The molecule has 0 saturated carbocycles. The number of benzene rings is 1. The predicted molar refractivity (Wildman–Crippen MR) is 71.7 cm³/mol. The molecule has 1 rings (SSSR count). The molecular formula is C14H21NO4. The van der Waals surface area contributed by atoms with E-state index in [1.807, 2.05) is 30.3 Å². The smallest absolute Gasteiger partial charge is 0.327 e. The maximum atomic E-state index is 11.9. The topological polar surface area (TPSA) is 67.8 Å². The second-order valence-electron chi connectivity index (χ2n) is 4.11. The fourth-order valence-corrected chi connectivity index (χ4v) is 1.71. The molecule has 2 atom stereocenters. The standard InChI is InChI=1S/C14H21NO4/c1-3-19-14(17)13(11-7-5-4-6-8-11)15-9-12(16)10-18-2/h4-8,12-13,15-16H,3,9-10H2,1-2H3. The van der Waals surface area contributed by atoms with Gasteiger partial charge in [-0.05, 0) is 12.5 Å². The summed E-state index contributed by atoms with van der Waals surface area (Å²) in [6.07, 6.45) is -0.661. The molecular weight excluding hydrogens is 246 g/mol. The van der Waals surface area contributed by atoms with Crippen LogP contribution in [0.1, 0.15) is 18.5 Å². The zero-order chi connectivity index (χ0) is 14.1. The molecule has 1 aromatic carbocycles. The van der Waals surface area contributed by atoms with Crippen molar-refractivity contribution in [2.45, 2.75) is 19.1 Å². The molecule has 0 aliphatic rings. The average Bonchev–Trinajstić information content (AvgIpc) is 2.41. The van der Waals surface area contributed by atoms with E-state index < -0.39 is 12.1 Å². The van der Waals surface area contributed by atoms with E-state index in [-0.39, 0.29) is 19.1 Å². The number of rotatable bonds is 8. The summed E-state index contributed by atoms with van der Waals surface area (Å²) in [6.45, 7) is 2.56. The van der Waals surface area contributed by atoms with Gasteiger partial charge < -0.3 is 14.6 Å². The summed E-state index contributed by atoms with van der Waals surface area (Å²) in [5.74, 6) is -0.349. The third-order valence-corrected chi connectivity index (χ3v) is 2.57. The molecule has 0 amide bonds. The monoisotopic (exact) mass is 267 g/mol. The van der Waals surface area contributed by atoms with Crippen LogP contribution in [0, 0.1) is 0 Å². The third-order valence-electron chi connectivity index (χ3n) is 2.57. The fourth-order valence-electron chi connectivity index (χ4n) is 1.71. The molecule has 106 valence electrons. The number of aliphatic hydroxyl groups excluding tert-OH is 1. The summed E-state index contributed by atoms with van der Waals surface area (Å²) < 4.78 is 9.88. The van der Waals surface area contributed by atoms with Crippen LogP contribution in [0.5, 0.6) is 0 Å². The second-order valence-corrected chi connectivity index (χ2v) is 4.11. The van der Waals surface area contributed by atoms with Crippen molar-refractivity contribution in [3.8, 4) is 0 Å². The Kier molecular flexibility index (Phi) is 7.10. The lowest BCUT2D eigenvalue weighted by Crippen LogP contribution is -2.37. The summed E-state index contributed by atoms with van der Waals surface area (Å²) in [5, 5.41) is 12.6. The average molecular weight is 267 g/mol.